The van der Waals surface area contributed by atoms with Crippen LogP contribution in [0.3, 0.4) is 0 Å². The Balaban J connectivity index is 1.50. The van der Waals surface area contributed by atoms with E-state index in [-0.39, 0.29) is 17.1 Å². The molecule has 1 atom stereocenters. The Bertz CT molecular complexity index is 1710. The van der Waals surface area contributed by atoms with Crippen molar-refractivity contribution in [3.63, 3.8) is 0 Å². The molecule has 2 heterocycles. The van der Waals surface area contributed by atoms with Crippen LogP contribution in [0.4, 0.5) is 5.69 Å². The van der Waals surface area contributed by atoms with Crippen molar-refractivity contribution < 1.29 is 13.9 Å². The molecule has 1 amide bonds. The average Bonchev–Trinajstić information content (AvgIpc) is 3.21. The van der Waals surface area contributed by atoms with Crippen LogP contribution in [0.2, 0.25) is 0 Å². The van der Waals surface area contributed by atoms with Crippen LogP contribution in [0, 0.1) is 6.92 Å². The van der Waals surface area contributed by atoms with Gasteiger partial charge in [-0.25, -0.2) is 0 Å². The molecule has 0 bridgehead atoms. The van der Waals surface area contributed by atoms with E-state index in [0.717, 1.165) is 21.2 Å². The number of carbonyl (C=O) groups excluding carboxylic acids is 1. The highest BCUT2D eigenvalue weighted by Gasteiger charge is 2.43. The first kappa shape index (κ1) is 23.3. The number of aryl methyl sites for hydroxylation is 1. The number of carbonyl (C=O) groups is 1. The summed E-state index contributed by atoms with van der Waals surface area (Å²) in [6, 6.07) is 29.7. The van der Waals surface area contributed by atoms with E-state index in [9.17, 15) is 9.59 Å². The maximum atomic E-state index is 13.9. The summed E-state index contributed by atoms with van der Waals surface area (Å²) in [4.78, 5) is 29.3. The quantitative estimate of drug-likeness (QED) is 0.232. The van der Waals surface area contributed by atoms with E-state index in [1.807, 2.05) is 85.8 Å². The van der Waals surface area contributed by atoms with Crippen molar-refractivity contribution in [2.75, 3.05) is 4.90 Å². The van der Waals surface area contributed by atoms with Gasteiger partial charge in [-0.15, -0.1) is 0 Å². The van der Waals surface area contributed by atoms with Gasteiger partial charge in [-0.05, 0) is 66.1 Å². The van der Waals surface area contributed by atoms with E-state index in [0.29, 0.717) is 34.6 Å². The zero-order valence-electron chi connectivity index (χ0n) is 20.0. The van der Waals surface area contributed by atoms with Gasteiger partial charge >= 0.3 is 0 Å². The number of halogens is 1. The predicted molar refractivity (Wildman–Crippen MR) is 147 cm³/mol. The van der Waals surface area contributed by atoms with Crippen molar-refractivity contribution >= 4 is 38.5 Å². The summed E-state index contributed by atoms with van der Waals surface area (Å²) in [5.41, 5.74) is 4.01. The van der Waals surface area contributed by atoms with E-state index >= 15 is 0 Å². The highest BCUT2D eigenvalue weighted by Crippen LogP contribution is 2.42. The normalized spacial score (nSPS) is 14.7. The third kappa shape index (κ3) is 4.23. The van der Waals surface area contributed by atoms with Crippen molar-refractivity contribution in [2.45, 2.75) is 19.6 Å². The topological polar surface area (TPSA) is 59.8 Å². The minimum absolute atomic E-state index is 0.0712. The van der Waals surface area contributed by atoms with Gasteiger partial charge in [0, 0.05) is 10.2 Å². The SMILES string of the molecule is Cc1cccc(N2C(=O)c3oc4ccc(Br)cc4c(=O)c3C2c2cccc(OCc3ccccc3)c2)c1. The Hall–Kier alpha value is -4.16. The maximum absolute atomic E-state index is 13.9. The highest BCUT2D eigenvalue weighted by atomic mass is 79.9. The van der Waals surface area contributed by atoms with Crippen molar-refractivity contribution in [2.24, 2.45) is 0 Å². The second-order valence-electron chi connectivity index (χ2n) is 9.08. The van der Waals surface area contributed by atoms with Gasteiger partial charge in [-0.2, -0.15) is 0 Å². The fraction of sp³-hybridized carbons (Fsp3) is 0.0968. The molecule has 37 heavy (non-hydrogen) atoms. The Morgan fingerprint density at radius 1 is 0.892 bits per heavy atom. The molecule has 1 aliphatic rings. The molecule has 0 N–H and O–H groups in total. The van der Waals surface area contributed by atoms with E-state index in [4.69, 9.17) is 9.15 Å². The molecule has 0 fully saturated rings. The minimum atomic E-state index is -0.663. The van der Waals surface area contributed by atoms with Gasteiger partial charge in [0.15, 0.2) is 5.43 Å². The lowest BCUT2D eigenvalue weighted by molar-refractivity contribution is 0.0971. The molecule has 0 radical (unpaired) electrons. The van der Waals surface area contributed by atoms with Gasteiger partial charge < -0.3 is 9.15 Å². The van der Waals surface area contributed by atoms with Crippen molar-refractivity contribution in [1.82, 2.24) is 0 Å². The van der Waals surface area contributed by atoms with Crippen LogP contribution in [0.5, 0.6) is 5.75 Å². The number of benzene rings is 4. The first-order valence-electron chi connectivity index (χ1n) is 11.9. The van der Waals surface area contributed by atoms with E-state index in [1.54, 1.807) is 23.1 Å². The summed E-state index contributed by atoms with van der Waals surface area (Å²) in [5, 5.41) is 0.425. The Labute approximate surface area is 222 Å². The molecule has 1 aliphatic heterocycles. The second-order valence-corrected chi connectivity index (χ2v) is 9.99. The lowest BCUT2D eigenvalue weighted by Crippen LogP contribution is -2.29. The maximum Gasteiger partial charge on any atom is 0.295 e. The lowest BCUT2D eigenvalue weighted by atomic mass is 9.98. The van der Waals surface area contributed by atoms with E-state index in [2.05, 4.69) is 15.9 Å². The number of ether oxygens (including phenoxy) is 1. The fourth-order valence-electron chi connectivity index (χ4n) is 4.82. The number of nitrogens with zero attached hydrogens (tertiary/aromatic N) is 1. The first-order chi connectivity index (χ1) is 18.0. The molecule has 1 aromatic heterocycles. The number of hydrogen-bond acceptors (Lipinski definition) is 4. The molecule has 6 heteroatoms. The molecule has 182 valence electrons. The lowest BCUT2D eigenvalue weighted by Gasteiger charge is -2.26. The van der Waals surface area contributed by atoms with Gasteiger partial charge in [0.05, 0.1) is 17.0 Å². The standard InChI is InChI=1S/C31H22BrNO4/c1-19-7-5-11-23(15-19)33-28(21-10-6-12-24(16-21)36-18-20-8-3-2-4-9-20)27-29(34)25-17-22(32)13-14-26(25)37-30(27)31(33)35/h2-17,28H,18H2,1H3. The molecule has 0 spiro atoms. The van der Waals surface area contributed by atoms with Gasteiger partial charge in [0.2, 0.25) is 5.76 Å². The number of amides is 1. The minimum Gasteiger partial charge on any atom is -0.489 e. The van der Waals surface area contributed by atoms with Crippen LogP contribution in [-0.2, 0) is 6.61 Å². The molecule has 5 aromatic rings. The first-order valence-corrected chi connectivity index (χ1v) is 12.7. The van der Waals surface area contributed by atoms with Gasteiger partial charge in [-0.1, -0.05) is 70.5 Å². The van der Waals surface area contributed by atoms with E-state index < -0.39 is 6.04 Å². The summed E-state index contributed by atoms with van der Waals surface area (Å²) in [7, 11) is 0. The summed E-state index contributed by atoms with van der Waals surface area (Å²) >= 11 is 3.45. The monoisotopic (exact) mass is 551 g/mol. The van der Waals surface area contributed by atoms with Gasteiger partial charge in [0.25, 0.3) is 5.91 Å². The fourth-order valence-corrected chi connectivity index (χ4v) is 5.18. The molecule has 0 saturated heterocycles. The summed E-state index contributed by atoms with van der Waals surface area (Å²) in [6.45, 7) is 2.38. The largest absolute Gasteiger partial charge is 0.489 e. The number of anilines is 1. The smallest absolute Gasteiger partial charge is 0.295 e. The average molecular weight is 552 g/mol. The molecular formula is C31H22BrNO4. The molecule has 6 rings (SSSR count). The summed E-state index contributed by atoms with van der Waals surface area (Å²) in [5.74, 6) is 0.379. The molecule has 1 unspecified atom stereocenters. The molecule has 5 nitrogen and oxygen atoms in total. The second kappa shape index (κ2) is 9.37. The Morgan fingerprint density at radius 3 is 2.51 bits per heavy atom. The van der Waals surface area contributed by atoms with Crippen LogP contribution >= 0.6 is 15.9 Å². The predicted octanol–water partition coefficient (Wildman–Crippen LogP) is 7.19. The van der Waals surface area contributed by atoms with Crippen molar-refractivity contribution in [3.8, 4) is 5.75 Å². The number of rotatable bonds is 5. The van der Waals surface area contributed by atoms with Crippen molar-refractivity contribution in [3.05, 3.63) is 140 Å². The third-order valence-electron chi connectivity index (χ3n) is 6.53. The summed E-state index contributed by atoms with van der Waals surface area (Å²) in [6.07, 6.45) is 0. The molecule has 4 aromatic carbocycles. The van der Waals surface area contributed by atoms with E-state index in [1.165, 1.54) is 0 Å². The Kier molecular flexibility index (Phi) is 5.89. The van der Waals surface area contributed by atoms with Crippen LogP contribution in [-0.4, -0.2) is 5.91 Å². The summed E-state index contributed by atoms with van der Waals surface area (Å²) < 4.78 is 12.9. The van der Waals surface area contributed by atoms with Crippen LogP contribution in [0.25, 0.3) is 11.0 Å². The van der Waals surface area contributed by atoms with Crippen LogP contribution < -0.4 is 15.1 Å². The zero-order valence-corrected chi connectivity index (χ0v) is 21.6. The third-order valence-corrected chi connectivity index (χ3v) is 7.03. The highest BCUT2D eigenvalue weighted by molar-refractivity contribution is 9.10. The number of fused-ring (bicyclic) bond motifs is 2. The van der Waals surface area contributed by atoms with Gasteiger partial charge in [0.1, 0.15) is 17.9 Å². The zero-order chi connectivity index (χ0) is 25.5. The number of hydrogen-bond donors (Lipinski definition) is 0. The van der Waals surface area contributed by atoms with Crippen LogP contribution in [0.15, 0.2) is 111 Å². The molecular weight excluding hydrogens is 530 g/mol. The molecule has 0 aliphatic carbocycles. The van der Waals surface area contributed by atoms with Gasteiger partial charge in [-0.3, -0.25) is 14.5 Å². The van der Waals surface area contributed by atoms with Crippen LogP contribution in [0.1, 0.15) is 38.9 Å². The molecule has 0 saturated carbocycles. The Morgan fingerprint density at radius 2 is 1.70 bits per heavy atom. The van der Waals surface area contributed by atoms with Crippen molar-refractivity contribution in [1.29, 1.82) is 0 Å².